The number of hydrogen-bond donors (Lipinski definition) is 1. The summed E-state index contributed by atoms with van der Waals surface area (Å²) >= 11 is 0. The zero-order valence-corrected chi connectivity index (χ0v) is 19.7. The molecule has 1 aromatic carbocycles. The van der Waals surface area contributed by atoms with Crippen LogP contribution in [0.4, 0.5) is 4.79 Å². The van der Waals surface area contributed by atoms with E-state index in [1.165, 1.54) is 12.1 Å². The highest BCUT2D eigenvalue weighted by Gasteiger charge is 2.40. The van der Waals surface area contributed by atoms with Crippen LogP contribution in [0.15, 0.2) is 41.8 Å². The lowest BCUT2D eigenvalue weighted by atomic mass is 10.1. The first-order chi connectivity index (χ1) is 12.7. The second-order valence-corrected chi connectivity index (χ2v) is 14.9. The molecule has 0 saturated carbocycles. The van der Waals surface area contributed by atoms with Crippen LogP contribution >= 0.6 is 0 Å². The van der Waals surface area contributed by atoms with Crippen molar-refractivity contribution in [1.29, 1.82) is 0 Å². The van der Waals surface area contributed by atoms with Crippen molar-refractivity contribution in [3.8, 4) is 0 Å². The van der Waals surface area contributed by atoms with E-state index in [0.717, 1.165) is 5.56 Å². The van der Waals surface area contributed by atoms with Gasteiger partial charge in [-0.1, -0.05) is 44.5 Å². The second-order valence-electron chi connectivity index (χ2n) is 8.47. The van der Waals surface area contributed by atoms with Crippen LogP contribution in [0, 0.1) is 6.92 Å². The molecule has 1 N–H and O–H groups in total. The van der Waals surface area contributed by atoms with Crippen LogP contribution in [-0.2, 0) is 19.2 Å². The Morgan fingerprint density at radius 1 is 1.25 bits per heavy atom. The standard InChI is InChI=1S/C20H33NO5SSi/c1-9-10-18(16(3)26-28(7,8)20(4,5)6)25-19(22)21-27(23,24)17-13-11-15(2)12-14-17/h9,11-14,16,18H,1,10H2,2-8H3,(H,21,22)/t16-,18+/m0/s1. The van der Waals surface area contributed by atoms with E-state index in [1.54, 1.807) is 18.2 Å². The van der Waals surface area contributed by atoms with Crippen LogP contribution in [0.3, 0.4) is 0 Å². The molecule has 0 spiro atoms. The summed E-state index contributed by atoms with van der Waals surface area (Å²) in [5.74, 6) is 0. The maximum Gasteiger partial charge on any atom is 0.421 e. The fourth-order valence-electron chi connectivity index (χ4n) is 2.26. The van der Waals surface area contributed by atoms with Crippen molar-refractivity contribution in [3.05, 3.63) is 42.5 Å². The number of rotatable bonds is 8. The third-order valence-corrected chi connectivity index (χ3v) is 10.9. The van der Waals surface area contributed by atoms with Gasteiger partial charge in [-0.2, -0.15) is 0 Å². The molecular formula is C20H33NO5SSi. The number of ether oxygens (including phenoxy) is 1. The lowest BCUT2D eigenvalue weighted by Gasteiger charge is -2.40. The molecule has 28 heavy (non-hydrogen) atoms. The lowest BCUT2D eigenvalue weighted by Crippen LogP contribution is -2.47. The zero-order chi connectivity index (χ0) is 21.8. The van der Waals surface area contributed by atoms with Crippen LogP contribution in [0.5, 0.6) is 0 Å². The number of amides is 1. The Morgan fingerprint density at radius 3 is 2.25 bits per heavy atom. The third-order valence-electron chi connectivity index (χ3n) is 5.02. The van der Waals surface area contributed by atoms with Gasteiger partial charge in [0.1, 0.15) is 6.10 Å². The molecule has 0 radical (unpaired) electrons. The van der Waals surface area contributed by atoms with E-state index in [9.17, 15) is 13.2 Å². The van der Waals surface area contributed by atoms with Crippen LogP contribution in [0.25, 0.3) is 0 Å². The Morgan fingerprint density at radius 2 is 1.79 bits per heavy atom. The molecule has 0 bridgehead atoms. The van der Waals surface area contributed by atoms with Crippen molar-refractivity contribution < 1.29 is 22.4 Å². The van der Waals surface area contributed by atoms with Gasteiger partial charge >= 0.3 is 6.09 Å². The number of aryl methyl sites for hydroxylation is 1. The Kier molecular flexibility index (Phi) is 8.05. The van der Waals surface area contributed by atoms with Gasteiger partial charge in [0.2, 0.25) is 0 Å². The van der Waals surface area contributed by atoms with E-state index >= 15 is 0 Å². The highest BCUT2D eigenvalue weighted by molar-refractivity contribution is 7.90. The van der Waals surface area contributed by atoms with Gasteiger partial charge in [-0.25, -0.2) is 17.9 Å². The summed E-state index contributed by atoms with van der Waals surface area (Å²) in [6, 6.07) is 6.20. The van der Waals surface area contributed by atoms with Gasteiger partial charge in [0, 0.05) is 6.42 Å². The highest BCUT2D eigenvalue weighted by Crippen LogP contribution is 2.37. The Labute approximate surface area is 170 Å². The number of benzene rings is 1. The van der Waals surface area contributed by atoms with Gasteiger partial charge in [-0.15, -0.1) is 6.58 Å². The SMILES string of the molecule is C=CC[C@@H](OC(=O)NS(=O)(=O)c1ccc(C)cc1)[C@H](C)O[Si](C)(C)C(C)(C)C. The van der Waals surface area contributed by atoms with E-state index in [0.29, 0.717) is 6.42 Å². The van der Waals surface area contributed by atoms with Crippen molar-refractivity contribution in [2.45, 2.75) is 76.3 Å². The maximum absolute atomic E-state index is 12.4. The molecule has 1 amide bonds. The van der Waals surface area contributed by atoms with E-state index < -0.39 is 36.6 Å². The summed E-state index contributed by atoms with van der Waals surface area (Å²) in [4.78, 5) is 12.3. The Balaban J connectivity index is 2.86. The van der Waals surface area contributed by atoms with Gasteiger partial charge in [-0.3, -0.25) is 0 Å². The van der Waals surface area contributed by atoms with Gasteiger partial charge in [0.25, 0.3) is 10.0 Å². The first kappa shape index (κ1) is 24.4. The first-order valence-electron chi connectivity index (χ1n) is 9.28. The number of sulfonamides is 1. The minimum Gasteiger partial charge on any atom is -0.443 e. The molecule has 0 heterocycles. The third kappa shape index (κ3) is 6.75. The molecule has 6 nitrogen and oxygen atoms in total. The molecule has 0 unspecified atom stereocenters. The summed E-state index contributed by atoms with van der Waals surface area (Å²) in [7, 11) is -6.08. The molecule has 8 heteroatoms. The van der Waals surface area contributed by atoms with Crippen LogP contribution in [0.1, 0.15) is 39.7 Å². The Hall–Kier alpha value is -1.64. The quantitative estimate of drug-likeness (QED) is 0.477. The van der Waals surface area contributed by atoms with Crippen LogP contribution < -0.4 is 4.72 Å². The zero-order valence-electron chi connectivity index (χ0n) is 17.9. The molecule has 2 atom stereocenters. The van der Waals surface area contributed by atoms with Crippen molar-refractivity contribution in [2.75, 3.05) is 0 Å². The smallest absolute Gasteiger partial charge is 0.421 e. The minimum atomic E-state index is -4.00. The number of hydrogen-bond acceptors (Lipinski definition) is 5. The largest absolute Gasteiger partial charge is 0.443 e. The molecule has 0 aliphatic rings. The highest BCUT2D eigenvalue weighted by atomic mass is 32.2. The molecule has 0 aromatic heterocycles. The fraction of sp³-hybridized carbons (Fsp3) is 0.550. The molecule has 0 aliphatic carbocycles. The number of carbonyl (C=O) groups excluding carboxylic acids is 1. The predicted octanol–water partition coefficient (Wildman–Crippen LogP) is 4.76. The molecule has 0 fully saturated rings. The number of nitrogens with one attached hydrogen (secondary N) is 1. The maximum atomic E-state index is 12.4. The fourth-order valence-corrected chi connectivity index (χ4v) is 4.58. The van der Waals surface area contributed by atoms with E-state index in [4.69, 9.17) is 9.16 Å². The first-order valence-corrected chi connectivity index (χ1v) is 13.7. The van der Waals surface area contributed by atoms with Gasteiger partial charge in [-0.05, 0) is 44.1 Å². The van der Waals surface area contributed by atoms with Crippen LogP contribution in [0.2, 0.25) is 18.1 Å². The van der Waals surface area contributed by atoms with Crippen molar-refractivity contribution in [3.63, 3.8) is 0 Å². The van der Waals surface area contributed by atoms with Gasteiger partial charge in [0.15, 0.2) is 8.32 Å². The normalized spacial score (nSPS) is 14.8. The summed E-state index contributed by atoms with van der Waals surface area (Å²) in [6.07, 6.45) is -0.0872. The monoisotopic (exact) mass is 427 g/mol. The van der Waals surface area contributed by atoms with E-state index in [-0.39, 0.29) is 9.93 Å². The summed E-state index contributed by atoms with van der Waals surface area (Å²) in [5.41, 5.74) is 0.921. The lowest BCUT2D eigenvalue weighted by molar-refractivity contribution is 0.0222. The molecule has 1 rings (SSSR count). The average molecular weight is 428 g/mol. The van der Waals surface area contributed by atoms with Crippen molar-refractivity contribution in [2.24, 2.45) is 0 Å². The topological polar surface area (TPSA) is 81.7 Å². The van der Waals surface area contributed by atoms with Crippen molar-refractivity contribution in [1.82, 2.24) is 4.72 Å². The minimum absolute atomic E-state index is 0.000826. The van der Waals surface area contributed by atoms with Gasteiger partial charge < -0.3 is 9.16 Å². The molecular weight excluding hydrogens is 394 g/mol. The average Bonchev–Trinajstić information content (AvgIpc) is 2.52. The van der Waals surface area contributed by atoms with Crippen LogP contribution in [-0.4, -0.2) is 35.0 Å². The number of carbonyl (C=O) groups is 1. The summed E-state index contributed by atoms with van der Waals surface area (Å²) < 4.78 is 38.4. The van der Waals surface area contributed by atoms with Gasteiger partial charge in [0.05, 0.1) is 11.0 Å². The second kappa shape index (κ2) is 9.24. The predicted molar refractivity (Wildman–Crippen MR) is 114 cm³/mol. The molecule has 0 aliphatic heterocycles. The molecule has 158 valence electrons. The van der Waals surface area contributed by atoms with E-state index in [1.807, 2.05) is 18.6 Å². The summed E-state index contributed by atoms with van der Waals surface area (Å²) in [5, 5.41) is -0.00295. The van der Waals surface area contributed by atoms with E-state index in [2.05, 4.69) is 40.4 Å². The van der Waals surface area contributed by atoms with Crippen molar-refractivity contribution >= 4 is 24.4 Å². The Bertz CT molecular complexity index is 782. The molecule has 1 aromatic rings. The summed E-state index contributed by atoms with van der Waals surface area (Å²) in [6.45, 7) is 17.9. The molecule has 0 saturated heterocycles.